The Bertz CT molecular complexity index is 793. The van der Waals surface area contributed by atoms with Gasteiger partial charge in [0, 0.05) is 17.0 Å². The number of Topliss-reactive ketones (excluding diaryl/α,β-unsaturated/α-hetero) is 2. The quantitative estimate of drug-likeness (QED) is 0.688. The molecule has 1 aliphatic heterocycles. The van der Waals surface area contributed by atoms with Crippen LogP contribution in [-0.4, -0.2) is 18.2 Å². The first-order valence-electron chi connectivity index (χ1n) is 7.72. The molecule has 1 atom stereocenters. The van der Waals surface area contributed by atoms with Gasteiger partial charge in [-0.15, -0.1) is 0 Å². The highest BCUT2D eigenvalue weighted by Gasteiger charge is 2.42. The van der Waals surface area contributed by atoms with E-state index in [1.807, 2.05) is 19.1 Å². The highest BCUT2D eigenvalue weighted by molar-refractivity contribution is 6.53. The van der Waals surface area contributed by atoms with Crippen LogP contribution in [0.5, 0.6) is 0 Å². The summed E-state index contributed by atoms with van der Waals surface area (Å²) in [6.07, 6.45) is 5.00. The van der Waals surface area contributed by atoms with Crippen LogP contribution in [0.2, 0.25) is 0 Å². The Morgan fingerprint density at radius 1 is 1.18 bits per heavy atom. The maximum Gasteiger partial charge on any atom is 0.234 e. The number of allylic oxidation sites excluding steroid dienone is 1. The molecule has 0 fully saturated rings. The van der Waals surface area contributed by atoms with E-state index in [1.54, 1.807) is 0 Å². The third-order valence-corrected chi connectivity index (χ3v) is 5.02. The van der Waals surface area contributed by atoms with Gasteiger partial charge in [0.25, 0.3) is 0 Å². The lowest BCUT2D eigenvalue weighted by Gasteiger charge is -2.31. The van der Waals surface area contributed by atoms with E-state index >= 15 is 0 Å². The summed E-state index contributed by atoms with van der Waals surface area (Å²) in [6, 6.07) is 4.03. The summed E-state index contributed by atoms with van der Waals surface area (Å²) in [4.78, 5) is 25.2. The zero-order valence-electron chi connectivity index (χ0n) is 13.0. The predicted octanol–water partition coefficient (Wildman–Crippen LogP) is 3.52. The average Bonchev–Trinajstić information content (AvgIpc) is 2.86. The molecule has 0 amide bonds. The van der Waals surface area contributed by atoms with Gasteiger partial charge in [-0.05, 0) is 23.0 Å². The van der Waals surface area contributed by atoms with Crippen LogP contribution in [-0.2, 0) is 14.9 Å². The van der Waals surface area contributed by atoms with Crippen molar-refractivity contribution >= 4 is 23.4 Å². The van der Waals surface area contributed by atoms with Crippen molar-refractivity contribution in [3.05, 3.63) is 46.0 Å². The number of ketones is 2. The van der Waals surface area contributed by atoms with E-state index < -0.39 is 5.78 Å². The number of hydrogen-bond donors (Lipinski definition) is 0. The molecule has 0 spiro atoms. The fourth-order valence-electron chi connectivity index (χ4n) is 3.78. The van der Waals surface area contributed by atoms with Gasteiger partial charge in [-0.3, -0.25) is 9.59 Å². The maximum absolute atomic E-state index is 12.7. The predicted molar refractivity (Wildman–Crippen MR) is 84.5 cm³/mol. The molecule has 1 aromatic carbocycles. The van der Waals surface area contributed by atoms with Crippen LogP contribution in [0.4, 0.5) is 0 Å². The van der Waals surface area contributed by atoms with Crippen molar-refractivity contribution in [3.63, 3.8) is 0 Å². The van der Waals surface area contributed by atoms with Crippen molar-refractivity contribution < 1.29 is 14.3 Å². The van der Waals surface area contributed by atoms with Gasteiger partial charge < -0.3 is 4.74 Å². The normalized spacial score (nSPS) is 24.8. The fraction of sp³-hybridized carbons (Fsp3) is 0.368. The molecule has 112 valence electrons. The van der Waals surface area contributed by atoms with Crippen LogP contribution in [0.25, 0.3) is 11.8 Å². The molecule has 0 bridgehead atoms. The van der Waals surface area contributed by atoms with Crippen molar-refractivity contribution in [2.24, 2.45) is 5.92 Å². The van der Waals surface area contributed by atoms with Crippen LogP contribution in [0.3, 0.4) is 0 Å². The summed E-state index contributed by atoms with van der Waals surface area (Å²) in [5, 5.41) is 0. The second kappa shape index (κ2) is 4.19. The summed E-state index contributed by atoms with van der Waals surface area (Å²) >= 11 is 0. The van der Waals surface area contributed by atoms with Gasteiger partial charge in [-0.25, -0.2) is 0 Å². The zero-order chi connectivity index (χ0) is 15.6. The molecule has 0 saturated carbocycles. The molecule has 3 aliphatic rings. The highest BCUT2D eigenvalue weighted by atomic mass is 16.5. The van der Waals surface area contributed by atoms with Crippen molar-refractivity contribution in [2.75, 3.05) is 6.61 Å². The highest BCUT2D eigenvalue weighted by Crippen LogP contribution is 2.44. The number of benzene rings is 1. The van der Waals surface area contributed by atoms with Gasteiger partial charge in [0.2, 0.25) is 11.6 Å². The van der Waals surface area contributed by atoms with Crippen LogP contribution in [0.1, 0.15) is 54.2 Å². The van der Waals surface area contributed by atoms with Gasteiger partial charge in [0.05, 0.1) is 12.2 Å². The topological polar surface area (TPSA) is 43.4 Å². The number of carbonyl (C=O) groups excluding carboxylic acids is 2. The zero-order valence-corrected chi connectivity index (χ0v) is 13.0. The van der Waals surface area contributed by atoms with Crippen LogP contribution in [0, 0.1) is 5.92 Å². The van der Waals surface area contributed by atoms with Crippen molar-refractivity contribution in [2.45, 2.75) is 32.6 Å². The van der Waals surface area contributed by atoms with Gasteiger partial charge in [0.1, 0.15) is 5.76 Å². The van der Waals surface area contributed by atoms with E-state index in [0.29, 0.717) is 23.5 Å². The minimum Gasteiger partial charge on any atom is -0.492 e. The Morgan fingerprint density at radius 2 is 1.95 bits per heavy atom. The van der Waals surface area contributed by atoms with Gasteiger partial charge in [0.15, 0.2) is 0 Å². The molecule has 1 heterocycles. The molecule has 1 unspecified atom stereocenters. The Balaban J connectivity index is 2.05. The first-order valence-corrected chi connectivity index (χ1v) is 7.72. The molecule has 0 aromatic heterocycles. The fourth-order valence-corrected chi connectivity index (χ4v) is 3.78. The first kappa shape index (κ1) is 13.5. The lowest BCUT2D eigenvalue weighted by molar-refractivity contribution is -0.112. The number of hydrogen-bond acceptors (Lipinski definition) is 3. The van der Waals surface area contributed by atoms with Crippen LogP contribution < -0.4 is 0 Å². The smallest absolute Gasteiger partial charge is 0.234 e. The molecule has 0 saturated heterocycles. The van der Waals surface area contributed by atoms with Gasteiger partial charge in [-0.2, -0.15) is 0 Å². The number of fused-ring (bicyclic) bond motifs is 4. The summed E-state index contributed by atoms with van der Waals surface area (Å²) in [6.45, 7) is 6.73. The minimum absolute atomic E-state index is 0.0115. The van der Waals surface area contributed by atoms with E-state index in [0.717, 1.165) is 23.1 Å². The monoisotopic (exact) mass is 294 g/mol. The standard InChI is InChI=1S/C19H18O3/c1-10-9-22-18-12-6-7-13-11(5-4-8-19(13,2)3)15(12)17(21)16(20)14(10)18/h4-7,10H,8-9H2,1-3H3. The maximum atomic E-state index is 12.7. The Kier molecular flexibility index (Phi) is 2.57. The average molecular weight is 294 g/mol. The largest absolute Gasteiger partial charge is 0.492 e. The first-order chi connectivity index (χ1) is 10.4. The third kappa shape index (κ3) is 1.57. The van der Waals surface area contributed by atoms with Crippen molar-refractivity contribution in [1.29, 1.82) is 0 Å². The molecule has 3 nitrogen and oxygen atoms in total. The molecule has 4 rings (SSSR count). The van der Waals surface area contributed by atoms with E-state index in [2.05, 4.69) is 26.0 Å². The van der Waals surface area contributed by atoms with Crippen molar-refractivity contribution in [3.8, 4) is 0 Å². The Labute approximate surface area is 129 Å². The molecule has 1 aromatic rings. The van der Waals surface area contributed by atoms with Gasteiger partial charge in [-0.1, -0.05) is 45.1 Å². The number of ether oxygens (including phenoxy) is 1. The molecule has 0 radical (unpaired) electrons. The molecule has 2 aliphatic carbocycles. The number of rotatable bonds is 0. The second-order valence-electron chi connectivity index (χ2n) is 7.05. The second-order valence-corrected chi connectivity index (χ2v) is 7.05. The molecule has 0 N–H and O–H groups in total. The van der Waals surface area contributed by atoms with E-state index in [1.165, 1.54) is 0 Å². The van der Waals surface area contributed by atoms with Crippen LogP contribution >= 0.6 is 0 Å². The lowest BCUT2D eigenvalue weighted by atomic mass is 9.71. The molecule has 22 heavy (non-hydrogen) atoms. The van der Waals surface area contributed by atoms with E-state index in [9.17, 15) is 9.59 Å². The van der Waals surface area contributed by atoms with Crippen molar-refractivity contribution in [1.82, 2.24) is 0 Å². The Morgan fingerprint density at radius 3 is 2.73 bits per heavy atom. The summed E-state index contributed by atoms with van der Waals surface area (Å²) in [5.74, 6) is -0.169. The number of carbonyl (C=O) groups is 2. The molecular formula is C19H18O3. The minimum atomic E-state index is -0.391. The van der Waals surface area contributed by atoms with Crippen LogP contribution in [0.15, 0.2) is 23.8 Å². The molecular weight excluding hydrogens is 276 g/mol. The van der Waals surface area contributed by atoms with Gasteiger partial charge >= 0.3 is 0 Å². The van der Waals surface area contributed by atoms with E-state index in [-0.39, 0.29) is 17.1 Å². The SMILES string of the molecule is CC1COC2=C1C(=O)C(=O)c1c2ccc2c1C=CCC2(C)C. The Hall–Kier alpha value is -2.16. The summed E-state index contributed by atoms with van der Waals surface area (Å²) in [5.41, 5.74) is 3.86. The molecule has 3 heteroatoms. The summed E-state index contributed by atoms with van der Waals surface area (Å²) < 4.78 is 5.74. The third-order valence-electron chi connectivity index (χ3n) is 5.02. The summed E-state index contributed by atoms with van der Waals surface area (Å²) in [7, 11) is 0. The lowest BCUT2D eigenvalue weighted by Crippen LogP contribution is -2.28. The van der Waals surface area contributed by atoms with E-state index in [4.69, 9.17) is 4.74 Å².